The standard InChI is InChI=1S/C22H30ClN3O/c23-18-11-7-6-10-17(18)22-24-19-12-13-26(14-20(19)25-22)15-21(27)16-8-4-2-1-3-5-9-16/h6-7,10-11,16,21,27H,1-5,8-9,12-15H2,(H,24,25). The Morgan fingerprint density at radius 1 is 1.15 bits per heavy atom. The summed E-state index contributed by atoms with van der Waals surface area (Å²) in [5, 5.41) is 11.5. The van der Waals surface area contributed by atoms with E-state index in [4.69, 9.17) is 16.6 Å². The van der Waals surface area contributed by atoms with E-state index in [0.717, 1.165) is 48.2 Å². The highest BCUT2D eigenvalue weighted by Gasteiger charge is 2.26. The monoisotopic (exact) mass is 387 g/mol. The largest absolute Gasteiger partial charge is 0.392 e. The molecule has 1 aliphatic carbocycles. The second-order valence-corrected chi connectivity index (χ2v) is 8.56. The van der Waals surface area contributed by atoms with Gasteiger partial charge in [0.2, 0.25) is 0 Å². The maximum Gasteiger partial charge on any atom is 0.139 e. The number of hydrogen-bond donors (Lipinski definition) is 2. The lowest BCUT2D eigenvalue weighted by Crippen LogP contribution is -2.39. The molecule has 146 valence electrons. The third-order valence-electron chi connectivity index (χ3n) is 6.18. The van der Waals surface area contributed by atoms with Gasteiger partial charge in [-0.2, -0.15) is 0 Å². The van der Waals surface area contributed by atoms with E-state index in [1.165, 1.54) is 50.6 Å². The van der Waals surface area contributed by atoms with Crippen molar-refractivity contribution in [2.45, 2.75) is 64.0 Å². The van der Waals surface area contributed by atoms with Crippen LogP contribution in [0.5, 0.6) is 0 Å². The maximum absolute atomic E-state index is 10.8. The van der Waals surface area contributed by atoms with Crippen molar-refractivity contribution in [2.24, 2.45) is 5.92 Å². The molecule has 2 heterocycles. The van der Waals surface area contributed by atoms with Crippen LogP contribution in [-0.2, 0) is 13.0 Å². The van der Waals surface area contributed by atoms with E-state index >= 15 is 0 Å². The summed E-state index contributed by atoms with van der Waals surface area (Å²) in [4.78, 5) is 10.6. The first kappa shape index (κ1) is 19.0. The van der Waals surface area contributed by atoms with E-state index in [0.29, 0.717) is 5.92 Å². The van der Waals surface area contributed by atoms with Crippen LogP contribution in [0.2, 0.25) is 5.02 Å². The molecule has 2 aromatic rings. The van der Waals surface area contributed by atoms with Crippen molar-refractivity contribution < 1.29 is 5.11 Å². The van der Waals surface area contributed by atoms with Gasteiger partial charge in [0.15, 0.2) is 0 Å². The lowest BCUT2D eigenvalue weighted by atomic mass is 9.87. The number of nitrogens with zero attached hydrogens (tertiary/aromatic N) is 2. The van der Waals surface area contributed by atoms with Gasteiger partial charge in [0.1, 0.15) is 5.82 Å². The average Bonchev–Trinajstić information content (AvgIpc) is 3.04. The highest BCUT2D eigenvalue weighted by atomic mass is 35.5. The minimum Gasteiger partial charge on any atom is -0.392 e. The molecule has 0 radical (unpaired) electrons. The third kappa shape index (κ3) is 4.56. The summed E-state index contributed by atoms with van der Waals surface area (Å²) < 4.78 is 0. The molecule has 1 aliphatic heterocycles. The van der Waals surface area contributed by atoms with Gasteiger partial charge in [-0.15, -0.1) is 0 Å². The number of benzene rings is 1. The van der Waals surface area contributed by atoms with Crippen LogP contribution in [0, 0.1) is 5.92 Å². The summed E-state index contributed by atoms with van der Waals surface area (Å²) >= 11 is 6.33. The molecular weight excluding hydrogens is 358 g/mol. The number of fused-ring (bicyclic) bond motifs is 1. The van der Waals surface area contributed by atoms with Crippen LogP contribution in [0.3, 0.4) is 0 Å². The SMILES string of the molecule is OC(CN1CCc2nc(-c3ccccc3Cl)[nH]c2C1)C1CCCCCCC1. The highest BCUT2D eigenvalue weighted by Crippen LogP contribution is 2.29. The number of nitrogens with one attached hydrogen (secondary N) is 1. The van der Waals surface area contributed by atoms with Crippen molar-refractivity contribution in [3.05, 3.63) is 40.7 Å². The summed E-state index contributed by atoms with van der Waals surface area (Å²) in [6.07, 6.45) is 9.64. The van der Waals surface area contributed by atoms with E-state index in [9.17, 15) is 5.11 Å². The van der Waals surface area contributed by atoms with Crippen LogP contribution in [0.15, 0.2) is 24.3 Å². The van der Waals surface area contributed by atoms with E-state index in [1.807, 2.05) is 24.3 Å². The van der Waals surface area contributed by atoms with E-state index in [2.05, 4.69) is 9.88 Å². The molecule has 4 nitrogen and oxygen atoms in total. The maximum atomic E-state index is 10.8. The summed E-state index contributed by atoms with van der Waals surface area (Å²) in [6, 6.07) is 7.83. The zero-order valence-corrected chi connectivity index (χ0v) is 16.7. The Balaban J connectivity index is 1.40. The third-order valence-corrected chi connectivity index (χ3v) is 6.51. The number of aliphatic hydroxyl groups is 1. The number of halogens is 1. The normalized spacial score (nSPS) is 20.7. The van der Waals surface area contributed by atoms with Crippen LogP contribution < -0.4 is 0 Å². The number of aromatic amines is 1. The summed E-state index contributed by atoms with van der Waals surface area (Å²) in [6.45, 7) is 2.56. The number of aromatic nitrogens is 2. The number of aliphatic hydroxyl groups excluding tert-OH is 1. The van der Waals surface area contributed by atoms with E-state index in [1.54, 1.807) is 0 Å². The first-order valence-corrected chi connectivity index (χ1v) is 10.8. The van der Waals surface area contributed by atoms with Crippen LogP contribution in [0.4, 0.5) is 0 Å². The molecule has 0 spiro atoms. The van der Waals surface area contributed by atoms with Crippen molar-refractivity contribution in [1.29, 1.82) is 0 Å². The minimum absolute atomic E-state index is 0.212. The van der Waals surface area contributed by atoms with E-state index < -0.39 is 0 Å². The first-order chi connectivity index (χ1) is 13.2. The fourth-order valence-corrected chi connectivity index (χ4v) is 4.80. The van der Waals surface area contributed by atoms with Crippen molar-refractivity contribution in [3.63, 3.8) is 0 Å². The molecule has 1 unspecified atom stereocenters. The topological polar surface area (TPSA) is 52.1 Å². The van der Waals surface area contributed by atoms with Gasteiger partial charge in [0, 0.05) is 31.6 Å². The molecule has 1 saturated carbocycles. The van der Waals surface area contributed by atoms with Gasteiger partial charge >= 0.3 is 0 Å². The van der Waals surface area contributed by atoms with Crippen LogP contribution in [0.1, 0.15) is 56.3 Å². The Hall–Kier alpha value is -1.36. The van der Waals surface area contributed by atoms with Gasteiger partial charge in [0.25, 0.3) is 0 Å². The molecule has 2 N–H and O–H groups in total. The Bertz CT molecular complexity index is 752. The van der Waals surface area contributed by atoms with E-state index in [-0.39, 0.29) is 6.10 Å². The molecule has 5 heteroatoms. The number of H-pyrrole nitrogens is 1. The lowest BCUT2D eigenvalue weighted by Gasteiger charge is -2.32. The fraction of sp³-hybridized carbons (Fsp3) is 0.591. The Morgan fingerprint density at radius 3 is 2.67 bits per heavy atom. The van der Waals surface area contributed by atoms with Crippen molar-refractivity contribution in [1.82, 2.24) is 14.9 Å². The van der Waals surface area contributed by atoms with Gasteiger partial charge in [-0.1, -0.05) is 55.8 Å². The molecule has 1 atom stereocenters. The molecule has 1 fully saturated rings. The zero-order valence-electron chi connectivity index (χ0n) is 16.0. The molecular formula is C22H30ClN3O. The second-order valence-electron chi connectivity index (χ2n) is 8.15. The smallest absolute Gasteiger partial charge is 0.139 e. The predicted molar refractivity (Wildman–Crippen MR) is 110 cm³/mol. The molecule has 0 saturated heterocycles. The molecule has 1 aromatic carbocycles. The Morgan fingerprint density at radius 2 is 1.89 bits per heavy atom. The van der Waals surface area contributed by atoms with Gasteiger partial charge in [-0.25, -0.2) is 4.98 Å². The number of hydrogen-bond acceptors (Lipinski definition) is 3. The number of rotatable bonds is 4. The minimum atomic E-state index is -0.212. The van der Waals surface area contributed by atoms with Crippen molar-refractivity contribution >= 4 is 11.6 Å². The number of imidazole rings is 1. The first-order valence-electron chi connectivity index (χ1n) is 10.4. The van der Waals surface area contributed by atoms with Gasteiger partial charge < -0.3 is 10.1 Å². The fourth-order valence-electron chi connectivity index (χ4n) is 4.57. The molecule has 2 aliphatic rings. The number of β-amino-alcohol motifs (C(OH)–C–C–N with tert-alkyl or cyclic N) is 1. The Labute approximate surface area is 167 Å². The average molecular weight is 388 g/mol. The molecule has 0 bridgehead atoms. The molecule has 0 amide bonds. The van der Waals surface area contributed by atoms with Crippen molar-refractivity contribution in [2.75, 3.05) is 13.1 Å². The predicted octanol–water partition coefficient (Wildman–Crippen LogP) is 4.81. The summed E-state index contributed by atoms with van der Waals surface area (Å²) in [5.74, 6) is 1.32. The van der Waals surface area contributed by atoms with Crippen LogP contribution >= 0.6 is 11.6 Å². The van der Waals surface area contributed by atoms with Gasteiger partial charge in [0.05, 0.1) is 22.5 Å². The molecule has 27 heavy (non-hydrogen) atoms. The quantitative estimate of drug-likeness (QED) is 0.791. The van der Waals surface area contributed by atoms with Crippen LogP contribution in [0.25, 0.3) is 11.4 Å². The second kappa shape index (κ2) is 8.76. The lowest BCUT2D eigenvalue weighted by molar-refractivity contribution is 0.0473. The zero-order chi connectivity index (χ0) is 18.6. The van der Waals surface area contributed by atoms with Crippen LogP contribution in [-0.4, -0.2) is 39.2 Å². The van der Waals surface area contributed by atoms with Crippen molar-refractivity contribution in [3.8, 4) is 11.4 Å². The molecule has 4 rings (SSSR count). The summed E-state index contributed by atoms with van der Waals surface area (Å²) in [5.41, 5.74) is 3.26. The van der Waals surface area contributed by atoms with Gasteiger partial charge in [-0.3, -0.25) is 4.90 Å². The summed E-state index contributed by atoms with van der Waals surface area (Å²) in [7, 11) is 0. The molecule has 1 aromatic heterocycles. The van der Waals surface area contributed by atoms with Gasteiger partial charge in [-0.05, 0) is 30.9 Å². The Kier molecular flexibility index (Phi) is 6.16. The highest BCUT2D eigenvalue weighted by molar-refractivity contribution is 6.33.